The Labute approximate surface area is 123 Å². The number of ether oxygens (including phenoxy) is 1. The van der Waals surface area contributed by atoms with Crippen LogP contribution in [0.25, 0.3) is 0 Å². The van der Waals surface area contributed by atoms with E-state index in [1.54, 1.807) is 30.3 Å². The van der Waals surface area contributed by atoms with E-state index in [0.717, 1.165) is 0 Å². The van der Waals surface area contributed by atoms with E-state index in [4.69, 9.17) is 0 Å². The van der Waals surface area contributed by atoms with Crippen LogP contribution in [0.1, 0.15) is 6.92 Å². The Hall–Kier alpha value is -2.38. The van der Waals surface area contributed by atoms with Gasteiger partial charge >= 0.3 is 12.0 Å². The number of nitrogens with zero attached hydrogens (tertiary/aromatic N) is 4. The molecule has 0 aliphatic carbocycles. The molecule has 8 heteroatoms. The summed E-state index contributed by atoms with van der Waals surface area (Å²) < 4.78 is 4.58. The van der Waals surface area contributed by atoms with E-state index in [0.29, 0.717) is 32.1 Å². The van der Waals surface area contributed by atoms with Gasteiger partial charge in [0.15, 0.2) is 0 Å². The standard InChI is InChI=1S/C13H19N5O3/c1-10(11(19)21-2)16-13(20)18-8-6-17(7-9-18)12-14-4-3-5-15-12/h3-5,10H,6-9H2,1-2H3,(H,16,20). The van der Waals surface area contributed by atoms with Crippen molar-refractivity contribution < 1.29 is 14.3 Å². The Morgan fingerprint density at radius 2 is 1.86 bits per heavy atom. The fourth-order valence-corrected chi connectivity index (χ4v) is 2.08. The molecule has 1 unspecified atom stereocenters. The van der Waals surface area contributed by atoms with E-state index in [9.17, 15) is 9.59 Å². The van der Waals surface area contributed by atoms with E-state index in [1.807, 2.05) is 4.90 Å². The lowest BCUT2D eigenvalue weighted by molar-refractivity contribution is -0.142. The van der Waals surface area contributed by atoms with Gasteiger partial charge in [-0.3, -0.25) is 0 Å². The largest absolute Gasteiger partial charge is 0.467 e. The second-order valence-electron chi connectivity index (χ2n) is 4.72. The molecular weight excluding hydrogens is 274 g/mol. The predicted molar refractivity (Wildman–Crippen MR) is 75.8 cm³/mol. The van der Waals surface area contributed by atoms with Crippen molar-refractivity contribution in [2.75, 3.05) is 38.2 Å². The predicted octanol–water partition coefficient (Wildman–Crippen LogP) is -0.130. The highest BCUT2D eigenvalue weighted by molar-refractivity contribution is 5.83. The van der Waals surface area contributed by atoms with Crippen LogP contribution in [-0.2, 0) is 9.53 Å². The lowest BCUT2D eigenvalue weighted by Crippen LogP contribution is -2.54. The number of hydrogen-bond donors (Lipinski definition) is 1. The number of esters is 1. The molecule has 2 amide bonds. The minimum absolute atomic E-state index is 0.262. The zero-order chi connectivity index (χ0) is 15.2. The highest BCUT2D eigenvalue weighted by Crippen LogP contribution is 2.09. The monoisotopic (exact) mass is 293 g/mol. The normalized spacial score (nSPS) is 16.3. The van der Waals surface area contributed by atoms with Gasteiger partial charge in [0.1, 0.15) is 6.04 Å². The van der Waals surface area contributed by atoms with E-state index in [-0.39, 0.29) is 6.03 Å². The van der Waals surface area contributed by atoms with E-state index >= 15 is 0 Å². The molecule has 1 aromatic heterocycles. The molecule has 21 heavy (non-hydrogen) atoms. The van der Waals surface area contributed by atoms with Gasteiger partial charge in [-0.05, 0) is 13.0 Å². The molecule has 1 atom stereocenters. The number of carbonyl (C=O) groups excluding carboxylic acids is 2. The van der Waals surface area contributed by atoms with Crippen molar-refractivity contribution in [2.24, 2.45) is 0 Å². The maximum atomic E-state index is 12.0. The molecule has 1 aliphatic rings. The van der Waals surface area contributed by atoms with Crippen LogP contribution in [0.3, 0.4) is 0 Å². The molecule has 1 N–H and O–H groups in total. The molecule has 0 spiro atoms. The molecule has 0 saturated carbocycles. The topological polar surface area (TPSA) is 87.7 Å². The first kappa shape index (κ1) is 15.0. The molecule has 1 aliphatic heterocycles. The Morgan fingerprint density at radius 1 is 1.24 bits per heavy atom. The molecule has 2 heterocycles. The number of aromatic nitrogens is 2. The van der Waals surface area contributed by atoms with Crippen molar-refractivity contribution in [2.45, 2.75) is 13.0 Å². The van der Waals surface area contributed by atoms with Crippen LogP contribution >= 0.6 is 0 Å². The van der Waals surface area contributed by atoms with Gasteiger partial charge in [-0.1, -0.05) is 0 Å². The van der Waals surface area contributed by atoms with Gasteiger partial charge in [-0.15, -0.1) is 0 Å². The third-order valence-corrected chi connectivity index (χ3v) is 3.30. The summed E-state index contributed by atoms with van der Waals surface area (Å²) in [5, 5.41) is 2.62. The lowest BCUT2D eigenvalue weighted by Gasteiger charge is -2.35. The fraction of sp³-hybridized carbons (Fsp3) is 0.538. The van der Waals surface area contributed by atoms with Gasteiger partial charge in [-0.25, -0.2) is 19.6 Å². The van der Waals surface area contributed by atoms with Crippen LogP contribution in [0, 0.1) is 0 Å². The SMILES string of the molecule is COC(=O)C(C)NC(=O)N1CCN(c2ncccn2)CC1. The molecule has 8 nitrogen and oxygen atoms in total. The molecule has 0 aromatic carbocycles. The van der Waals surface area contributed by atoms with Gasteiger partial charge in [0, 0.05) is 38.6 Å². The third kappa shape index (κ3) is 3.80. The van der Waals surface area contributed by atoms with Crippen LogP contribution in [0.5, 0.6) is 0 Å². The Kier molecular flexibility index (Phi) is 4.91. The maximum Gasteiger partial charge on any atom is 0.328 e. The average Bonchev–Trinajstić information content (AvgIpc) is 2.55. The zero-order valence-corrected chi connectivity index (χ0v) is 12.2. The number of nitrogens with one attached hydrogen (secondary N) is 1. The van der Waals surface area contributed by atoms with Crippen molar-refractivity contribution in [3.05, 3.63) is 18.5 Å². The Balaban J connectivity index is 1.83. The molecule has 1 fully saturated rings. The Morgan fingerprint density at radius 3 is 2.43 bits per heavy atom. The lowest BCUT2D eigenvalue weighted by atomic mass is 10.3. The number of hydrogen-bond acceptors (Lipinski definition) is 6. The highest BCUT2D eigenvalue weighted by atomic mass is 16.5. The summed E-state index contributed by atoms with van der Waals surface area (Å²) in [6.45, 7) is 4.02. The highest BCUT2D eigenvalue weighted by Gasteiger charge is 2.24. The number of methoxy groups -OCH3 is 1. The average molecular weight is 293 g/mol. The minimum Gasteiger partial charge on any atom is -0.467 e. The van der Waals surface area contributed by atoms with Crippen molar-refractivity contribution in [3.8, 4) is 0 Å². The van der Waals surface area contributed by atoms with Gasteiger partial charge in [-0.2, -0.15) is 0 Å². The molecule has 1 saturated heterocycles. The molecular formula is C13H19N5O3. The van der Waals surface area contributed by atoms with E-state index in [1.165, 1.54) is 7.11 Å². The number of piperazine rings is 1. The second-order valence-corrected chi connectivity index (χ2v) is 4.72. The summed E-state index contributed by atoms with van der Waals surface area (Å²) in [6, 6.07) is 0.848. The van der Waals surface area contributed by atoms with Gasteiger partial charge < -0.3 is 19.9 Å². The van der Waals surface area contributed by atoms with Crippen molar-refractivity contribution in [1.82, 2.24) is 20.2 Å². The molecule has 114 valence electrons. The first-order valence-corrected chi connectivity index (χ1v) is 6.77. The molecule has 0 radical (unpaired) electrons. The van der Waals surface area contributed by atoms with Gasteiger partial charge in [0.05, 0.1) is 7.11 Å². The summed E-state index contributed by atoms with van der Waals surface area (Å²) in [7, 11) is 1.30. The summed E-state index contributed by atoms with van der Waals surface area (Å²) >= 11 is 0. The van der Waals surface area contributed by atoms with Gasteiger partial charge in [0.25, 0.3) is 0 Å². The number of amides is 2. The maximum absolute atomic E-state index is 12.0. The van der Waals surface area contributed by atoms with E-state index in [2.05, 4.69) is 20.0 Å². The minimum atomic E-state index is -0.655. The zero-order valence-electron chi connectivity index (χ0n) is 12.2. The number of rotatable bonds is 3. The molecule has 2 rings (SSSR count). The smallest absolute Gasteiger partial charge is 0.328 e. The molecule has 0 bridgehead atoms. The van der Waals surface area contributed by atoms with Gasteiger partial charge in [0.2, 0.25) is 5.95 Å². The summed E-state index contributed by atoms with van der Waals surface area (Å²) in [5.74, 6) is 0.208. The first-order valence-electron chi connectivity index (χ1n) is 6.77. The third-order valence-electron chi connectivity index (χ3n) is 3.30. The van der Waals surface area contributed by atoms with Crippen LogP contribution in [0.15, 0.2) is 18.5 Å². The summed E-state index contributed by atoms with van der Waals surface area (Å²) in [4.78, 5) is 35.4. The number of urea groups is 1. The fourth-order valence-electron chi connectivity index (χ4n) is 2.08. The van der Waals surface area contributed by atoms with Crippen LogP contribution in [0.2, 0.25) is 0 Å². The van der Waals surface area contributed by atoms with E-state index < -0.39 is 12.0 Å². The second kappa shape index (κ2) is 6.87. The molecule has 1 aromatic rings. The summed E-state index contributed by atoms with van der Waals surface area (Å²) in [6.07, 6.45) is 3.39. The number of anilines is 1. The van der Waals surface area contributed by atoms with Crippen molar-refractivity contribution >= 4 is 17.9 Å². The van der Waals surface area contributed by atoms with Crippen LogP contribution in [-0.4, -0.2) is 66.2 Å². The van der Waals surface area contributed by atoms with Crippen molar-refractivity contribution in [3.63, 3.8) is 0 Å². The number of carbonyl (C=O) groups is 2. The summed E-state index contributed by atoms with van der Waals surface area (Å²) in [5.41, 5.74) is 0. The van der Waals surface area contributed by atoms with Crippen LogP contribution < -0.4 is 10.2 Å². The first-order chi connectivity index (χ1) is 10.1. The van der Waals surface area contributed by atoms with Crippen LogP contribution in [0.4, 0.5) is 10.7 Å². The quantitative estimate of drug-likeness (QED) is 0.781. The Bertz CT molecular complexity index is 488. The van der Waals surface area contributed by atoms with Crippen molar-refractivity contribution in [1.29, 1.82) is 0 Å².